The molecule has 1 atom stereocenters. The molecule has 0 aliphatic carbocycles. The monoisotopic (exact) mass is 278 g/mol. The molecule has 1 heterocycles. The van der Waals surface area contributed by atoms with E-state index >= 15 is 0 Å². The lowest BCUT2D eigenvalue weighted by Gasteiger charge is -2.24. The molecular formula is C13H18N4O3. The van der Waals surface area contributed by atoms with E-state index in [1.165, 1.54) is 12.1 Å². The van der Waals surface area contributed by atoms with Gasteiger partial charge in [0.15, 0.2) is 0 Å². The number of non-ortho nitro benzene ring substituents is 1. The highest BCUT2D eigenvalue weighted by atomic mass is 16.6. The number of rotatable bonds is 3. The predicted octanol–water partition coefficient (Wildman–Crippen LogP) is 1.14. The molecule has 2 rings (SSSR count). The Balaban J connectivity index is 2.22. The lowest BCUT2D eigenvalue weighted by molar-refractivity contribution is -0.384. The number of nitrogen functional groups attached to an aromatic ring is 1. The molecule has 1 fully saturated rings. The molecular weight excluding hydrogens is 260 g/mol. The smallest absolute Gasteiger partial charge is 0.271 e. The number of nitrogens with two attached hydrogens (primary N) is 1. The first-order valence-corrected chi connectivity index (χ1v) is 6.38. The minimum absolute atomic E-state index is 0.000447. The number of nitro groups is 1. The van der Waals surface area contributed by atoms with Gasteiger partial charge in [-0.05, 0) is 19.4 Å². The fourth-order valence-electron chi connectivity index (χ4n) is 2.60. The minimum atomic E-state index is -0.473. The van der Waals surface area contributed by atoms with Crippen molar-refractivity contribution >= 4 is 23.0 Å². The summed E-state index contributed by atoms with van der Waals surface area (Å²) in [5.74, 6) is 0.000447. The van der Waals surface area contributed by atoms with Crippen molar-refractivity contribution < 1.29 is 9.72 Å². The van der Waals surface area contributed by atoms with E-state index in [9.17, 15) is 14.9 Å². The highest BCUT2D eigenvalue weighted by molar-refractivity contribution is 5.84. The van der Waals surface area contributed by atoms with Crippen molar-refractivity contribution in [3.05, 3.63) is 28.3 Å². The molecule has 1 aromatic carbocycles. The number of nitrogens with zero attached hydrogens (tertiary/aromatic N) is 2. The summed E-state index contributed by atoms with van der Waals surface area (Å²) >= 11 is 0. The highest BCUT2D eigenvalue weighted by Gasteiger charge is 2.40. The zero-order chi connectivity index (χ0) is 14.9. The maximum absolute atomic E-state index is 11.9. The lowest BCUT2D eigenvalue weighted by Crippen LogP contribution is -2.39. The summed E-state index contributed by atoms with van der Waals surface area (Å²) < 4.78 is 0. The second-order valence-corrected chi connectivity index (χ2v) is 5.31. The van der Waals surface area contributed by atoms with Crippen LogP contribution in [0.2, 0.25) is 0 Å². The average Bonchev–Trinajstić information content (AvgIpc) is 2.81. The number of hydrogen-bond donors (Lipinski definition) is 2. The SMILES string of the molecule is CNC(=O)C1(C)CCN(c2ccc([N+](=O)[O-])cc2N)C1. The first-order chi connectivity index (χ1) is 9.37. The van der Waals surface area contributed by atoms with Crippen molar-refractivity contribution in [2.45, 2.75) is 13.3 Å². The maximum Gasteiger partial charge on any atom is 0.271 e. The van der Waals surface area contributed by atoms with Crippen LogP contribution in [0, 0.1) is 15.5 Å². The van der Waals surface area contributed by atoms with Gasteiger partial charge >= 0.3 is 0 Å². The van der Waals surface area contributed by atoms with Gasteiger partial charge in [0.1, 0.15) is 0 Å². The van der Waals surface area contributed by atoms with Crippen LogP contribution >= 0.6 is 0 Å². The van der Waals surface area contributed by atoms with E-state index in [0.717, 1.165) is 12.1 Å². The topological polar surface area (TPSA) is 102 Å². The molecule has 1 saturated heterocycles. The number of carbonyl (C=O) groups excluding carboxylic acids is 1. The van der Waals surface area contributed by atoms with Crippen LogP contribution in [0.4, 0.5) is 17.1 Å². The van der Waals surface area contributed by atoms with Gasteiger partial charge in [-0.2, -0.15) is 0 Å². The molecule has 0 aromatic heterocycles. The maximum atomic E-state index is 11.9. The van der Waals surface area contributed by atoms with Crippen LogP contribution in [0.15, 0.2) is 18.2 Å². The summed E-state index contributed by atoms with van der Waals surface area (Å²) in [5.41, 5.74) is 6.51. The third-order valence-corrected chi connectivity index (χ3v) is 3.81. The Hall–Kier alpha value is -2.31. The molecule has 1 amide bonds. The van der Waals surface area contributed by atoms with Gasteiger partial charge < -0.3 is 16.0 Å². The summed E-state index contributed by atoms with van der Waals surface area (Å²) in [6.07, 6.45) is 0.725. The van der Waals surface area contributed by atoms with Crippen molar-refractivity contribution in [3.63, 3.8) is 0 Å². The molecule has 7 nitrogen and oxygen atoms in total. The largest absolute Gasteiger partial charge is 0.397 e. The molecule has 3 N–H and O–H groups in total. The van der Waals surface area contributed by atoms with Crippen molar-refractivity contribution in [3.8, 4) is 0 Å². The van der Waals surface area contributed by atoms with Crippen molar-refractivity contribution in [1.29, 1.82) is 0 Å². The predicted molar refractivity (Wildman–Crippen MR) is 76.5 cm³/mol. The van der Waals surface area contributed by atoms with Crippen molar-refractivity contribution in [1.82, 2.24) is 5.32 Å². The van der Waals surface area contributed by atoms with Crippen LogP contribution in [0.3, 0.4) is 0 Å². The van der Waals surface area contributed by atoms with Gasteiger partial charge in [0.2, 0.25) is 5.91 Å². The number of amides is 1. The van der Waals surface area contributed by atoms with E-state index in [0.29, 0.717) is 18.8 Å². The Labute approximate surface area is 116 Å². The Kier molecular flexibility index (Phi) is 3.52. The Bertz CT molecular complexity index is 561. The summed E-state index contributed by atoms with van der Waals surface area (Å²) in [6, 6.07) is 4.43. The van der Waals surface area contributed by atoms with Crippen molar-refractivity contribution in [2.75, 3.05) is 30.8 Å². The summed E-state index contributed by atoms with van der Waals surface area (Å²) in [6.45, 7) is 3.16. The molecule has 108 valence electrons. The standard InChI is InChI=1S/C13H18N4O3/c1-13(12(18)15-2)5-6-16(8-13)11-4-3-9(17(19)20)7-10(11)14/h3-4,7H,5-6,8,14H2,1-2H3,(H,15,18). The van der Waals surface area contributed by atoms with Gasteiger partial charge in [-0.15, -0.1) is 0 Å². The quantitative estimate of drug-likeness (QED) is 0.490. The van der Waals surface area contributed by atoms with Gasteiger partial charge in [-0.3, -0.25) is 14.9 Å². The van der Waals surface area contributed by atoms with E-state index in [2.05, 4.69) is 5.32 Å². The highest BCUT2D eigenvalue weighted by Crippen LogP contribution is 2.36. The average molecular weight is 278 g/mol. The molecule has 0 saturated carbocycles. The van der Waals surface area contributed by atoms with E-state index < -0.39 is 10.3 Å². The fraction of sp³-hybridized carbons (Fsp3) is 0.462. The van der Waals surface area contributed by atoms with Gasteiger partial charge in [-0.1, -0.05) is 0 Å². The zero-order valence-electron chi connectivity index (χ0n) is 11.5. The lowest BCUT2D eigenvalue weighted by atomic mass is 9.89. The third-order valence-electron chi connectivity index (χ3n) is 3.81. The van der Waals surface area contributed by atoms with Crippen LogP contribution in [0.1, 0.15) is 13.3 Å². The van der Waals surface area contributed by atoms with Crippen LogP contribution < -0.4 is 16.0 Å². The van der Waals surface area contributed by atoms with Crippen LogP contribution in [0.5, 0.6) is 0 Å². The number of hydrogen-bond acceptors (Lipinski definition) is 5. The molecule has 1 aromatic rings. The van der Waals surface area contributed by atoms with E-state index in [1.807, 2.05) is 11.8 Å². The second-order valence-electron chi connectivity index (χ2n) is 5.31. The summed E-state index contributed by atoms with van der Waals surface area (Å²) in [5, 5.41) is 13.4. The molecule has 7 heteroatoms. The van der Waals surface area contributed by atoms with E-state index in [1.54, 1.807) is 13.1 Å². The summed E-state index contributed by atoms with van der Waals surface area (Å²) in [4.78, 5) is 24.1. The van der Waals surface area contributed by atoms with Crippen LogP contribution in [-0.2, 0) is 4.79 Å². The van der Waals surface area contributed by atoms with Gasteiger partial charge in [0.05, 0.1) is 21.7 Å². The number of anilines is 2. The molecule has 0 bridgehead atoms. The van der Waals surface area contributed by atoms with Gasteiger partial charge in [-0.25, -0.2) is 0 Å². The third kappa shape index (κ3) is 2.38. The first kappa shape index (κ1) is 14.1. The van der Waals surface area contributed by atoms with Crippen molar-refractivity contribution in [2.24, 2.45) is 5.41 Å². The van der Waals surface area contributed by atoms with Crippen LogP contribution in [-0.4, -0.2) is 31.0 Å². The second kappa shape index (κ2) is 4.99. The number of benzene rings is 1. The van der Waals surface area contributed by atoms with Crippen LogP contribution in [0.25, 0.3) is 0 Å². The molecule has 0 radical (unpaired) electrons. The molecule has 1 aliphatic heterocycles. The molecule has 0 spiro atoms. The number of nitro benzene ring substituents is 1. The number of carbonyl (C=O) groups is 1. The Morgan fingerprint density at radius 1 is 1.55 bits per heavy atom. The fourth-order valence-corrected chi connectivity index (χ4v) is 2.60. The van der Waals surface area contributed by atoms with Gasteiger partial charge in [0.25, 0.3) is 5.69 Å². The Morgan fingerprint density at radius 2 is 2.25 bits per heavy atom. The zero-order valence-corrected chi connectivity index (χ0v) is 11.5. The molecule has 20 heavy (non-hydrogen) atoms. The van der Waals surface area contributed by atoms with E-state index in [-0.39, 0.29) is 11.6 Å². The first-order valence-electron chi connectivity index (χ1n) is 6.38. The number of nitrogens with one attached hydrogen (secondary N) is 1. The van der Waals surface area contributed by atoms with Gasteiger partial charge in [0, 0.05) is 32.3 Å². The summed E-state index contributed by atoms with van der Waals surface area (Å²) in [7, 11) is 1.62. The van der Waals surface area contributed by atoms with E-state index in [4.69, 9.17) is 5.73 Å². The normalized spacial score (nSPS) is 21.8. The minimum Gasteiger partial charge on any atom is -0.397 e. The Morgan fingerprint density at radius 3 is 2.80 bits per heavy atom. The molecule has 1 unspecified atom stereocenters. The molecule has 1 aliphatic rings.